The summed E-state index contributed by atoms with van der Waals surface area (Å²) < 4.78 is 0. The summed E-state index contributed by atoms with van der Waals surface area (Å²) in [5, 5.41) is 10.6. The smallest absolute Gasteiger partial charge is 0.130 e. The fraction of sp³-hybridized carbons (Fsp3) is 1.00. The van der Waals surface area contributed by atoms with E-state index in [1.165, 1.54) is 33.0 Å². The third kappa shape index (κ3) is 4.59. The predicted molar refractivity (Wildman–Crippen MR) is 68.9 cm³/mol. The molecule has 15 heavy (non-hydrogen) atoms. The fourth-order valence-electron chi connectivity index (χ4n) is 3.23. The van der Waals surface area contributed by atoms with Crippen molar-refractivity contribution in [1.29, 1.82) is 0 Å². The van der Waals surface area contributed by atoms with Gasteiger partial charge in [-0.05, 0) is 19.8 Å². The van der Waals surface area contributed by atoms with Crippen LogP contribution in [0.5, 0.6) is 0 Å². The maximum Gasteiger partial charge on any atom is 0.130 e. The number of hydrogen-bond acceptors (Lipinski definition) is 1. The van der Waals surface area contributed by atoms with Crippen LogP contribution in [0, 0.1) is 0 Å². The quantitative estimate of drug-likeness (QED) is 0.691. The maximum absolute atomic E-state index is 10.0. The average Bonchev–Trinajstić information content (AvgIpc) is 1.98. The molecule has 0 aromatic rings. The zero-order valence-electron chi connectivity index (χ0n) is 11.0. The van der Waals surface area contributed by atoms with Crippen LogP contribution in [-0.2, 0) is 0 Å². The molecule has 0 aromatic heterocycles. The zero-order chi connectivity index (χ0) is 11.5. The molecule has 1 N–H and O–H groups in total. The van der Waals surface area contributed by atoms with Gasteiger partial charge in [-0.25, -0.2) is 0 Å². The third-order valence-electron chi connectivity index (χ3n) is 3.89. The first-order chi connectivity index (χ1) is 6.83. The van der Waals surface area contributed by atoms with E-state index < -0.39 is 0 Å². The van der Waals surface area contributed by atoms with Crippen LogP contribution < -0.4 is 0 Å². The first-order valence-corrected chi connectivity index (χ1v) is 6.55. The summed E-state index contributed by atoms with van der Waals surface area (Å²) >= 11 is 0. The van der Waals surface area contributed by atoms with Crippen LogP contribution in [0.1, 0.15) is 66.2 Å². The number of hydrogen-bond donors (Lipinski definition) is 1. The van der Waals surface area contributed by atoms with Crippen molar-refractivity contribution in [2.45, 2.75) is 83.0 Å². The third-order valence-corrected chi connectivity index (χ3v) is 3.89. The van der Waals surface area contributed by atoms with Gasteiger partial charge in [0.2, 0.25) is 0 Å². The molecule has 0 aromatic carbocycles. The highest BCUT2D eigenvalue weighted by Crippen LogP contribution is 2.43. The summed E-state index contributed by atoms with van der Waals surface area (Å²) in [4.78, 5) is 0. The van der Waals surface area contributed by atoms with E-state index in [-0.39, 0.29) is 5.60 Å². The van der Waals surface area contributed by atoms with E-state index in [2.05, 4.69) is 20.8 Å². The van der Waals surface area contributed by atoms with E-state index in [1.54, 1.807) is 0 Å². The number of rotatable bonds is 2. The molecule has 2 heteroatoms. The van der Waals surface area contributed by atoms with Crippen molar-refractivity contribution in [2.75, 3.05) is 0 Å². The molecule has 0 spiro atoms. The van der Waals surface area contributed by atoms with E-state index in [4.69, 9.17) is 0 Å². The second-order valence-electron chi connectivity index (χ2n) is 6.61. The van der Waals surface area contributed by atoms with Gasteiger partial charge in [-0.15, -0.1) is 0 Å². The summed E-state index contributed by atoms with van der Waals surface area (Å²) in [6.07, 6.45) is 6.94. The molecule has 0 radical (unpaired) electrons. The van der Waals surface area contributed by atoms with Crippen LogP contribution >= 0.6 is 0 Å². The Labute approximate surface area is 95.9 Å². The van der Waals surface area contributed by atoms with Gasteiger partial charge in [0.15, 0.2) is 0 Å². The molecule has 1 rings (SSSR count). The largest absolute Gasteiger partial charge is 0.390 e. The SMILES string of the molecule is CC(C)BC1(C)CCCC(C)(O)CCC1. The predicted octanol–water partition coefficient (Wildman–Crippen LogP) is 3.54. The van der Waals surface area contributed by atoms with Crippen molar-refractivity contribution in [3.8, 4) is 0 Å². The topological polar surface area (TPSA) is 20.2 Å². The van der Waals surface area contributed by atoms with Gasteiger partial charge in [0.25, 0.3) is 0 Å². The summed E-state index contributed by atoms with van der Waals surface area (Å²) in [6.45, 7) is 9.07. The van der Waals surface area contributed by atoms with Crippen LogP contribution in [0.2, 0.25) is 11.1 Å². The Kier molecular flexibility index (Phi) is 4.28. The molecule has 88 valence electrons. The van der Waals surface area contributed by atoms with Crippen LogP contribution in [0.3, 0.4) is 0 Å². The molecule has 1 aliphatic carbocycles. The Morgan fingerprint density at radius 1 is 1.00 bits per heavy atom. The zero-order valence-corrected chi connectivity index (χ0v) is 11.0. The Morgan fingerprint density at radius 2 is 1.47 bits per heavy atom. The van der Waals surface area contributed by atoms with Crippen LogP contribution in [0.25, 0.3) is 0 Å². The van der Waals surface area contributed by atoms with E-state index in [1.807, 2.05) is 6.92 Å². The highest BCUT2D eigenvalue weighted by molar-refractivity contribution is 6.41. The lowest BCUT2D eigenvalue weighted by Crippen LogP contribution is -2.29. The van der Waals surface area contributed by atoms with E-state index in [0.29, 0.717) is 5.31 Å². The van der Waals surface area contributed by atoms with Crippen molar-refractivity contribution in [2.24, 2.45) is 0 Å². The molecule has 1 aliphatic rings. The molecular formula is C13H27BO. The molecule has 0 bridgehead atoms. The van der Waals surface area contributed by atoms with Gasteiger partial charge in [0, 0.05) is 0 Å². The Balaban J connectivity index is 2.50. The highest BCUT2D eigenvalue weighted by Gasteiger charge is 2.31. The van der Waals surface area contributed by atoms with E-state index >= 15 is 0 Å². The first kappa shape index (κ1) is 13.1. The molecule has 0 unspecified atom stereocenters. The monoisotopic (exact) mass is 210 g/mol. The standard InChI is InChI=1S/C13H27BO/c1-11(2)14-12(3)7-5-9-13(4,15)10-6-8-12/h11,14-15H,5-10H2,1-4H3. The molecule has 1 nitrogen and oxygen atoms in total. The van der Waals surface area contributed by atoms with Crippen molar-refractivity contribution >= 4 is 7.28 Å². The maximum atomic E-state index is 10.0. The summed E-state index contributed by atoms with van der Waals surface area (Å²) in [7, 11) is 1.34. The molecule has 0 amide bonds. The molecule has 0 heterocycles. The second-order valence-corrected chi connectivity index (χ2v) is 6.61. The van der Waals surface area contributed by atoms with Gasteiger partial charge in [0.1, 0.15) is 7.28 Å². The second kappa shape index (κ2) is 4.90. The molecule has 0 aliphatic heterocycles. The van der Waals surface area contributed by atoms with E-state index in [0.717, 1.165) is 18.7 Å². The minimum atomic E-state index is -0.390. The van der Waals surface area contributed by atoms with Gasteiger partial charge in [0.05, 0.1) is 5.60 Å². The van der Waals surface area contributed by atoms with Gasteiger partial charge in [-0.2, -0.15) is 0 Å². The Hall–Kier alpha value is 0.0249. The molecule has 0 saturated heterocycles. The number of aliphatic hydroxyl groups is 1. The van der Waals surface area contributed by atoms with Crippen LogP contribution in [0.15, 0.2) is 0 Å². The van der Waals surface area contributed by atoms with Gasteiger partial charge < -0.3 is 5.11 Å². The lowest BCUT2D eigenvalue weighted by Gasteiger charge is -2.36. The van der Waals surface area contributed by atoms with Crippen LogP contribution in [-0.4, -0.2) is 18.0 Å². The fourth-order valence-corrected chi connectivity index (χ4v) is 3.23. The van der Waals surface area contributed by atoms with Crippen LogP contribution in [0.4, 0.5) is 0 Å². The lowest BCUT2D eigenvalue weighted by molar-refractivity contribution is 0.0300. The van der Waals surface area contributed by atoms with Gasteiger partial charge in [-0.3, -0.25) is 0 Å². The lowest BCUT2D eigenvalue weighted by atomic mass is 9.44. The van der Waals surface area contributed by atoms with Crippen molar-refractivity contribution < 1.29 is 5.11 Å². The molecule has 1 saturated carbocycles. The van der Waals surface area contributed by atoms with Crippen molar-refractivity contribution in [3.63, 3.8) is 0 Å². The summed E-state index contributed by atoms with van der Waals surface area (Å²) in [6, 6.07) is 0. The van der Waals surface area contributed by atoms with Crippen molar-refractivity contribution in [3.05, 3.63) is 0 Å². The molecular weight excluding hydrogens is 183 g/mol. The average molecular weight is 210 g/mol. The Morgan fingerprint density at radius 3 is 1.87 bits per heavy atom. The molecule has 0 atom stereocenters. The first-order valence-electron chi connectivity index (χ1n) is 6.55. The summed E-state index contributed by atoms with van der Waals surface area (Å²) in [5.41, 5.74) is -0.390. The minimum absolute atomic E-state index is 0.390. The normalized spacial score (nSPS) is 38.5. The van der Waals surface area contributed by atoms with Crippen molar-refractivity contribution in [1.82, 2.24) is 0 Å². The van der Waals surface area contributed by atoms with E-state index in [9.17, 15) is 5.11 Å². The summed E-state index contributed by atoms with van der Waals surface area (Å²) in [5.74, 6) is 0.801. The minimum Gasteiger partial charge on any atom is -0.390 e. The van der Waals surface area contributed by atoms with Gasteiger partial charge >= 0.3 is 0 Å². The molecule has 1 fully saturated rings. The Bertz CT molecular complexity index is 187. The van der Waals surface area contributed by atoms with Gasteiger partial charge in [-0.1, -0.05) is 57.6 Å². The highest BCUT2D eigenvalue weighted by atomic mass is 16.3.